The van der Waals surface area contributed by atoms with Gasteiger partial charge >= 0.3 is 6.09 Å². The molecule has 1 fully saturated rings. The van der Waals surface area contributed by atoms with Crippen LogP contribution in [0, 0.1) is 0 Å². The lowest BCUT2D eigenvalue weighted by Crippen LogP contribution is -2.26. The lowest BCUT2D eigenvalue weighted by atomic mass is 10.1. The minimum absolute atomic E-state index is 0.238. The highest BCUT2D eigenvalue weighted by Gasteiger charge is 2.28. The molecule has 0 bridgehead atoms. The first-order valence-corrected chi connectivity index (χ1v) is 6.55. The third-order valence-electron chi connectivity index (χ3n) is 3.40. The minimum atomic E-state index is -0.840. The Kier molecular flexibility index (Phi) is 2.74. The molecule has 0 saturated carbocycles. The Morgan fingerprint density at radius 2 is 2.44 bits per heavy atom. The van der Waals surface area contributed by atoms with Crippen LogP contribution in [-0.2, 0) is 0 Å². The van der Waals surface area contributed by atoms with Gasteiger partial charge in [0.05, 0.1) is 0 Å². The van der Waals surface area contributed by atoms with Gasteiger partial charge in [-0.05, 0) is 34.5 Å². The number of likely N-dealkylation sites (tertiary alicyclic amines) is 1. The van der Waals surface area contributed by atoms with E-state index in [0.29, 0.717) is 13.1 Å². The number of nitrogens with zero attached hydrogens (tertiary/aromatic N) is 2. The molecule has 1 amide bonds. The number of fused-ring (bicyclic) bond motifs is 1. The number of carboxylic acid groups (broad SMARTS) is 1. The molecular weight excluding hydrogens is 298 g/mol. The zero-order valence-corrected chi connectivity index (χ0v) is 11.1. The summed E-state index contributed by atoms with van der Waals surface area (Å²) in [7, 11) is 0. The Bertz CT molecular complexity index is 610. The molecule has 0 aliphatic carbocycles. The van der Waals surface area contributed by atoms with Gasteiger partial charge in [0.2, 0.25) is 0 Å². The van der Waals surface area contributed by atoms with E-state index in [1.165, 1.54) is 4.90 Å². The number of pyridine rings is 1. The second-order valence-electron chi connectivity index (χ2n) is 4.49. The summed E-state index contributed by atoms with van der Waals surface area (Å²) in [5.41, 5.74) is 1.90. The number of carbonyl (C=O) groups is 1. The number of halogens is 1. The van der Waals surface area contributed by atoms with Gasteiger partial charge in [0, 0.05) is 40.8 Å². The molecule has 1 aliphatic rings. The van der Waals surface area contributed by atoms with Crippen molar-refractivity contribution in [1.82, 2.24) is 14.9 Å². The number of nitrogens with one attached hydrogen (secondary N) is 1. The van der Waals surface area contributed by atoms with Gasteiger partial charge in [-0.25, -0.2) is 9.78 Å². The monoisotopic (exact) mass is 309 g/mol. The van der Waals surface area contributed by atoms with Crippen LogP contribution in [0.1, 0.15) is 18.0 Å². The van der Waals surface area contributed by atoms with Crippen molar-refractivity contribution >= 4 is 33.1 Å². The topological polar surface area (TPSA) is 69.2 Å². The first-order valence-electron chi connectivity index (χ1n) is 5.76. The molecule has 18 heavy (non-hydrogen) atoms. The lowest BCUT2D eigenvalue weighted by molar-refractivity contribution is 0.155. The van der Waals surface area contributed by atoms with Crippen LogP contribution in [0.5, 0.6) is 0 Å². The first-order chi connectivity index (χ1) is 8.65. The van der Waals surface area contributed by atoms with Crippen LogP contribution in [0.25, 0.3) is 11.0 Å². The van der Waals surface area contributed by atoms with Crippen molar-refractivity contribution in [2.24, 2.45) is 0 Å². The molecule has 1 aliphatic heterocycles. The van der Waals surface area contributed by atoms with Crippen molar-refractivity contribution in [3.8, 4) is 0 Å². The SMILES string of the molecule is O=C(O)N1CCC(c2cc3c(Br)ccnc3[nH]2)C1. The second kappa shape index (κ2) is 4.28. The second-order valence-corrected chi connectivity index (χ2v) is 5.35. The van der Waals surface area contributed by atoms with Gasteiger partial charge in [-0.2, -0.15) is 0 Å². The van der Waals surface area contributed by atoms with E-state index in [0.717, 1.165) is 27.6 Å². The number of aromatic amines is 1. The van der Waals surface area contributed by atoms with Crippen molar-refractivity contribution in [2.75, 3.05) is 13.1 Å². The molecule has 5 nitrogen and oxygen atoms in total. The van der Waals surface area contributed by atoms with Crippen LogP contribution in [0.2, 0.25) is 0 Å². The highest BCUT2D eigenvalue weighted by molar-refractivity contribution is 9.10. The third kappa shape index (κ3) is 1.86. The van der Waals surface area contributed by atoms with Gasteiger partial charge in [-0.1, -0.05) is 0 Å². The van der Waals surface area contributed by atoms with E-state index in [9.17, 15) is 4.79 Å². The van der Waals surface area contributed by atoms with Crippen molar-refractivity contribution in [3.05, 3.63) is 28.5 Å². The summed E-state index contributed by atoms with van der Waals surface area (Å²) in [5, 5.41) is 10.0. The third-order valence-corrected chi connectivity index (χ3v) is 4.09. The summed E-state index contributed by atoms with van der Waals surface area (Å²) in [4.78, 5) is 19.9. The average molecular weight is 310 g/mol. The number of rotatable bonds is 1. The van der Waals surface area contributed by atoms with Crippen molar-refractivity contribution in [2.45, 2.75) is 12.3 Å². The van der Waals surface area contributed by atoms with E-state index in [1.54, 1.807) is 6.20 Å². The summed E-state index contributed by atoms with van der Waals surface area (Å²) in [6.45, 7) is 1.16. The first kappa shape index (κ1) is 11.5. The van der Waals surface area contributed by atoms with Crippen molar-refractivity contribution in [1.29, 1.82) is 0 Å². The van der Waals surface area contributed by atoms with Crippen LogP contribution in [0.4, 0.5) is 4.79 Å². The predicted molar refractivity (Wildman–Crippen MR) is 70.7 cm³/mol. The smallest absolute Gasteiger partial charge is 0.407 e. The molecule has 2 aromatic heterocycles. The summed E-state index contributed by atoms with van der Waals surface area (Å²) in [6, 6.07) is 3.96. The molecule has 0 aromatic carbocycles. The van der Waals surface area contributed by atoms with E-state index >= 15 is 0 Å². The highest BCUT2D eigenvalue weighted by Crippen LogP contribution is 2.31. The lowest BCUT2D eigenvalue weighted by Gasteiger charge is -2.10. The maximum absolute atomic E-state index is 10.9. The molecule has 3 heterocycles. The van der Waals surface area contributed by atoms with Crippen LogP contribution in [0.15, 0.2) is 22.8 Å². The molecule has 0 spiro atoms. The van der Waals surface area contributed by atoms with Gasteiger partial charge < -0.3 is 15.0 Å². The van der Waals surface area contributed by atoms with Crippen LogP contribution in [0.3, 0.4) is 0 Å². The zero-order valence-electron chi connectivity index (χ0n) is 9.56. The molecule has 3 rings (SSSR count). The summed E-state index contributed by atoms with van der Waals surface area (Å²) in [6.07, 6.45) is 1.76. The Hall–Kier alpha value is -1.56. The van der Waals surface area contributed by atoms with E-state index in [2.05, 4.69) is 32.0 Å². The standard InChI is InChI=1S/C12H12BrN3O2/c13-9-1-3-14-11-8(9)5-10(15-11)7-2-4-16(6-7)12(17)18/h1,3,5,7H,2,4,6H2,(H,14,15)(H,17,18). The maximum Gasteiger partial charge on any atom is 0.407 e. The number of aromatic nitrogens is 2. The molecule has 94 valence electrons. The quantitative estimate of drug-likeness (QED) is 0.851. The van der Waals surface area contributed by atoms with Crippen molar-refractivity contribution < 1.29 is 9.90 Å². The molecule has 2 aromatic rings. The number of amides is 1. The van der Waals surface area contributed by atoms with E-state index in [1.807, 2.05) is 6.07 Å². The number of hydrogen-bond acceptors (Lipinski definition) is 2. The molecule has 1 saturated heterocycles. The fourth-order valence-corrected chi connectivity index (χ4v) is 2.84. The Morgan fingerprint density at radius 3 is 3.11 bits per heavy atom. The normalized spacial score (nSPS) is 19.6. The van der Waals surface area contributed by atoms with E-state index in [4.69, 9.17) is 5.11 Å². The van der Waals surface area contributed by atoms with Crippen LogP contribution in [-0.4, -0.2) is 39.2 Å². The fourth-order valence-electron chi connectivity index (χ4n) is 2.42. The highest BCUT2D eigenvalue weighted by atomic mass is 79.9. The molecule has 1 atom stereocenters. The summed E-state index contributed by atoms with van der Waals surface area (Å²) < 4.78 is 1.00. The van der Waals surface area contributed by atoms with Gasteiger partial charge in [-0.3, -0.25) is 0 Å². The summed E-state index contributed by atoms with van der Waals surface area (Å²) in [5.74, 6) is 0.238. The number of hydrogen-bond donors (Lipinski definition) is 2. The van der Waals surface area contributed by atoms with E-state index < -0.39 is 6.09 Å². The molecule has 2 N–H and O–H groups in total. The predicted octanol–water partition coefficient (Wildman–Crippen LogP) is 2.79. The average Bonchev–Trinajstić information content (AvgIpc) is 2.95. The zero-order chi connectivity index (χ0) is 12.7. The summed E-state index contributed by atoms with van der Waals surface area (Å²) >= 11 is 3.49. The van der Waals surface area contributed by atoms with Gasteiger partial charge in [0.15, 0.2) is 0 Å². The fraction of sp³-hybridized carbons (Fsp3) is 0.333. The molecule has 6 heteroatoms. The minimum Gasteiger partial charge on any atom is -0.465 e. The van der Waals surface area contributed by atoms with Crippen LogP contribution < -0.4 is 0 Å². The largest absolute Gasteiger partial charge is 0.465 e. The molecular formula is C12H12BrN3O2. The molecule has 0 radical (unpaired) electrons. The Labute approximate surface area is 112 Å². The van der Waals surface area contributed by atoms with Crippen molar-refractivity contribution in [3.63, 3.8) is 0 Å². The van der Waals surface area contributed by atoms with Gasteiger partial charge in [0.1, 0.15) is 5.65 Å². The number of H-pyrrole nitrogens is 1. The molecule has 1 unspecified atom stereocenters. The van der Waals surface area contributed by atoms with Gasteiger partial charge in [-0.15, -0.1) is 0 Å². The maximum atomic E-state index is 10.9. The van der Waals surface area contributed by atoms with Crippen LogP contribution >= 0.6 is 15.9 Å². The Morgan fingerprint density at radius 1 is 1.61 bits per heavy atom. The van der Waals surface area contributed by atoms with E-state index in [-0.39, 0.29) is 5.92 Å². The Balaban J connectivity index is 1.92. The van der Waals surface area contributed by atoms with Gasteiger partial charge in [0.25, 0.3) is 0 Å².